The zero-order valence-electron chi connectivity index (χ0n) is 7.90. The molecule has 0 fully saturated rings. The average Bonchev–Trinajstić information content (AvgIpc) is 1.82. The molecule has 0 bridgehead atoms. The van der Waals surface area contributed by atoms with E-state index in [4.69, 9.17) is 5.11 Å². The van der Waals surface area contributed by atoms with Crippen LogP contribution in [0.4, 0.5) is 0 Å². The lowest BCUT2D eigenvalue weighted by Gasteiger charge is -2.22. The smallest absolute Gasteiger partial charge is 0.309 e. The predicted octanol–water partition coefficient (Wildman–Crippen LogP) is -0.00820. The molecule has 0 aliphatic rings. The molecule has 2 N–H and O–H groups in total. The summed E-state index contributed by atoms with van der Waals surface area (Å²) in [6, 6.07) is -0.354. The Morgan fingerprint density at radius 2 is 2.00 bits per heavy atom. The van der Waals surface area contributed by atoms with E-state index >= 15 is 0 Å². The molecule has 0 aromatic rings. The van der Waals surface area contributed by atoms with Crippen molar-refractivity contribution in [1.29, 1.82) is 0 Å². The Hall–Kier alpha value is -0.620. The quantitative estimate of drug-likeness (QED) is 0.556. The van der Waals surface area contributed by atoms with E-state index in [1.807, 2.05) is 0 Å². The zero-order chi connectivity index (χ0) is 10.6. The fourth-order valence-corrected chi connectivity index (χ4v) is 1.53. The summed E-state index contributed by atoms with van der Waals surface area (Å²) in [6.07, 6.45) is 0.269. The lowest BCUT2D eigenvalue weighted by atomic mass is 9.87. The Labute approximate surface area is 79.2 Å². The average molecular weight is 209 g/mol. The summed E-state index contributed by atoms with van der Waals surface area (Å²) in [5.74, 6) is -0.928. The maximum Gasteiger partial charge on any atom is 0.309 e. The standard InChI is InChI=1S/C7H15NO4S/c1-5(8-13(11)12)4-7(2,3)6(9)10/h5,13H,4H2,1-3H3,(H,9,10)(H,8,11,12). The molecule has 0 aliphatic heterocycles. The van der Waals surface area contributed by atoms with Crippen LogP contribution in [0.25, 0.3) is 0 Å². The number of thiol groups is 1. The van der Waals surface area contributed by atoms with Crippen LogP contribution in [0.15, 0.2) is 0 Å². The maximum atomic E-state index is 10.7. The molecule has 0 radical (unpaired) electrons. The summed E-state index contributed by atoms with van der Waals surface area (Å²) in [4.78, 5) is 10.7. The third kappa shape index (κ3) is 4.84. The monoisotopic (exact) mass is 209 g/mol. The zero-order valence-corrected chi connectivity index (χ0v) is 8.80. The maximum absolute atomic E-state index is 10.7. The summed E-state index contributed by atoms with van der Waals surface area (Å²) < 4.78 is 22.7. The number of rotatable bonds is 5. The van der Waals surface area contributed by atoms with Crippen molar-refractivity contribution in [3.63, 3.8) is 0 Å². The van der Waals surface area contributed by atoms with Crippen molar-refractivity contribution in [3.8, 4) is 0 Å². The van der Waals surface area contributed by atoms with Crippen LogP contribution >= 0.6 is 0 Å². The van der Waals surface area contributed by atoms with Gasteiger partial charge in [-0.1, -0.05) is 0 Å². The Balaban J connectivity index is 4.19. The van der Waals surface area contributed by atoms with Gasteiger partial charge in [0.15, 0.2) is 0 Å². The van der Waals surface area contributed by atoms with E-state index in [2.05, 4.69) is 4.72 Å². The summed E-state index contributed by atoms with van der Waals surface area (Å²) in [5.41, 5.74) is -0.905. The normalized spacial score (nSPS) is 14.5. The second-order valence-corrected chi connectivity index (χ2v) is 4.45. The van der Waals surface area contributed by atoms with Gasteiger partial charge in [-0.05, 0) is 27.2 Å². The third-order valence-corrected chi connectivity index (χ3v) is 2.37. The van der Waals surface area contributed by atoms with Crippen molar-refractivity contribution < 1.29 is 18.3 Å². The lowest BCUT2D eigenvalue weighted by molar-refractivity contribution is -0.147. The van der Waals surface area contributed by atoms with E-state index in [1.54, 1.807) is 20.8 Å². The van der Waals surface area contributed by atoms with Gasteiger partial charge < -0.3 is 5.11 Å². The third-order valence-electron chi connectivity index (χ3n) is 1.72. The van der Waals surface area contributed by atoms with E-state index in [0.717, 1.165) is 0 Å². The van der Waals surface area contributed by atoms with Gasteiger partial charge >= 0.3 is 5.97 Å². The minimum atomic E-state index is -2.66. The minimum absolute atomic E-state index is 0.269. The molecule has 78 valence electrons. The van der Waals surface area contributed by atoms with Gasteiger partial charge in [-0.2, -0.15) is 0 Å². The first-order valence-corrected chi connectivity index (χ1v) is 5.07. The van der Waals surface area contributed by atoms with E-state index in [1.165, 1.54) is 0 Å². The van der Waals surface area contributed by atoms with Crippen molar-refractivity contribution in [3.05, 3.63) is 0 Å². The predicted molar refractivity (Wildman–Crippen MR) is 48.9 cm³/mol. The number of nitrogens with one attached hydrogen (secondary N) is 1. The minimum Gasteiger partial charge on any atom is -0.481 e. The number of hydrogen-bond acceptors (Lipinski definition) is 3. The molecule has 5 nitrogen and oxygen atoms in total. The second kappa shape index (κ2) is 4.57. The Morgan fingerprint density at radius 1 is 1.54 bits per heavy atom. The highest BCUT2D eigenvalue weighted by Gasteiger charge is 2.29. The molecule has 13 heavy (non-hydrogen) atoms. The fraction of sp³-hybridized carbons (Fsp3) is 0.857. The van der Waals surface area contributed by atoms with Gasteiger partial charge in [0.05, 0.1) is 5.41 Å². The van der Waals surface area contributed by atoms with Crippen molar-refractivity contribution in [2.75, 3.05) is 0 Å². The SMILES string of the molecule is CC(CC(C)(C)C(=O)O)N[SH](=O)=O. The molecule has 0 saturated carbocycles. The van der Waals surface area contributed by atoms with Crippen LogP contribution in [-0.2, 0) is 15.7 Å². The van der Waals surface area contributed by atoms with Crippen LogP contribution in [0.1, 0.15) is 27.2 Å². The van der Waals surface area contributed by atoms with Crippen LogP contribution < -0.4 is 4.72 Å². The molecular formula is C7H15NO4S. The highest BCUT2D eigenvalue weighted by atomic mass is 32.2. The number of carboxylic acid groups (broad SMARTS) is 1. The molecule has 0 amide bonds. The molecular weight excluding hydrogens is 194 g/mol. The largest absolute Gasteiger partial charge is 0.481 e. The molecule has 0 rings (SSSR count). The molecule has 0 aliphatic carbocycles. The highest BCUT2D eigenvalue weighted by Crippen LogP contribution is 2.22. The van der Waals surface area contributed by atoms with Crippen molar-refractivity contribution in [2.24, 2.45) is 5.41 Å². The molecule has 1 unspecified atom stereocenters. The van der Waals surface area contributed by atoms with Crippen molar-refractivity contribution in [1.82, 2.24) is 4.72 Å². The Bertz CT molecular complexity index is 251. The summed E-state index contributed by atoms with van der Waals surface area (Å²) in [6.45, 7) is 4.76. The topological polar surface area (TPSA) is 83.5 Å². The molecule has 6 heteroatoms. The van der Waals surface area contributed by atoms with Gasteiger partial charge in [0, 0.05) is 6.04 Å². The van der Waals surface area contributed by atoms with Crippen molar-refractivity contribution in [2.45, 2.75) is 33.2 Å². The first-order valence-electron chi connectivity index (χ1n) is 3.89. The van der Waals surface area contributed by atoms with Gasteiger partial charge in [-0.25, -0.2) is 13.1 Å². The molecule has 0 saturated heterocycles. The first-order chi connectivity index (χ1) is 5.75. The van der Waals surface area contributed by atoms with Crippen LogP contribution in [0.5, 0.6) is 0 Å². The number of carboxylic acids is 1. The van der Waals surface area contributed by atoms with Crippen LogP contribution in [0.2, 0.25) is 0 Å². The van der Waals surface area contributed by atoms with Gasteiger partial charge in [-0.15, -0.1) is 0 Å². The lowest BCUT2D eigenvalue weighted by Crippen LogP contribution is -2.34. The number of carbonyl (C=O) groups is 1. The number of hydrogen-bond donors (Lipinski definition) is 3. The molecule has 0 aromatic carbocycles. The Morgan fingerprint density at radius 3 is 2.31 bits per heavy atom. The summed E-state index contributed by atoms with van der Waals surface area (Å²) in [7, 11) is -2.66. The first kappa shape index (κ1) is 12.4. The van der Waals surface area contributed by atoms with Gasteiger partial charge in [0.1, 0.15) is 0 Å². The molecule has 0 spiro atoms. The van der Waals surface area contributed by atoms with E-state index in [-0.39, 0.29) is 12.5 Å². The summed E-state index contributed by atoms with van der Waals surface area (Å²) >= 11 is 0. The van der Waals surface area contributed by atoms with Gasteiger partial charge in [0.2, 0.25) is 10.9 Å². The van der Waals surface area contributed by atoms with E-state index in [9.17, 15) is 13.2 Å². The Kier molecular flexibility index (Phi) is 4.35. The van der Waals surface area contributed by atoms with E-state index < -0.39 is 22.3 Å². The molecule has 0 heterocycles. The fourth-order valence-electron chi connectivity index (χ4n) is 1.08. The molecule has 0 aromatic heterocycles. The van der Waals surface area contributed by atoms with Gasteiger partial charge in [0.25, 0.3) is 0 Å². The van der Waals surface area contributed by atoms with E-state index in [0.29, 0.717) is 0 Å². The number of aliphatic carboxylic acids is 1. The van der Waals surface area contributed by atoms with Crippen molar-refractivity contribution >= 4 is 16.9 Å². The second-order valence-electron chi connectivity index (χ2n) is 3.68. The van der Waals surface area contributed by atoms with Crippen LogP contribution in [0.3, 0.4) is 0 Å². The van der Waals surface area contributed by atoms with Crippen LogP contribution in [0, 0.1) is 5.41 Å². The van der Waals surface area contributed by atoms with Crippen LogP contribution in [-0.4, -0.2) is 25.5 Å². The highest BCUT2D eigenvalue weighted by molar-refractivity contribution is 7.70. The molecule has 1 atom stereocenters. The summed E-state index contributed by atoms with van der Waals surface area (Å²) in [5, 5.41) is 8.75. The van der Waals surface area contributed by atoms with Gasteiger partial charge in [-0.3, -0.25) is 4.79 Å².